The van der Waals surface area contributed by atoms with Gasteiger partial charge in [-0.2, -0.15) is 0 Å². The topological polar surface area (TPSA) is 38.9 Å². The second-order valence-electron chi connectivity index (χ2n) is 2.83. The lowest BCUT2D eigenvalue weighted by atomic mass is 10.1. The summed E-state index contributed by atoms with van der Waals surface area (Å²) in [6.45, 7) is 4.00. The first-order valence-electron chi connectivity index (χ1n) is 5.13. The summed E-state index contributed by atoms with van der Waals surface area (Å²) in [5, 5.41) is 0. The van der Waals surface area contributed by atoms with Crippen LogP contribution in [0.1, 0.15) is 13.8 Å². The van der Waals surface area contributed by atoms with Gasteiger partial charge in [-0.1, -0.05) is 38.1 Å². The van der Waals surface area contributed by atoms with Crippen molar-refractivity contribution < 1.29 is 0 Å². The second kappa shape index (κ2) is 5.81. The van der Waals surface area contributed by atoms with E-state index >= 15 is 0 Å². The molecule has 0 radical (unpaired) electrons. The Balaban J connectivity index is 0.000000531. The summed E-state index contributed by atoms with van der Waals surface area (Å²) in [5.74, 6) is 0. The molecule has 2 nitrogen and oxygen atoms in total. The molecule has 2 heteroatoms. The fourth-order valence-corrected chi connectivity index (χ4v) is 1.28. The number of hydrogen-bond acceptors (Lipinski definition) is 2. The van der Waals surface area contributed by atoms with E-state index in [2.05, 4.69) is 4.98 Å². The molecule has 1 aromatic carbocycles. The van der Waals surface area contributed by atoms with Gasteiger partial charge in [0.05, 0.1) is 0 Å². The molecule has 78 valence electrons. The predicted octanol–water partition coefficient (Wildman–Crippen LogP) is 3.36. The fraction of sp³-hybridized carbons (Fsp3) is 0.154. The van der Waals surface area contributed by atoms with Crippen LogP contribution < -0.4 is 5.73 Å². The summed E-state index contributed by atoms with van der Waals surface area (Å²) >= 11 is 0. The maximum atomic E-state index is 5.82. The quantitative estimate of drug-likeness (QED) is 0.717. The number of nitrogens with zero attached hydrogens (tertiary/aromatic N) is 1. The monoisotopic (exact) mass is 200 g/mol. The van der Waals surface area contributed by atoms with Crippen LogP contribution in [0.4, 0.5) is 5.69 Å². The number of benzene rings is 1. The smallest absolute Gasteiger partial charge is 0.0394 e. The van der Waals surface area contributed by atoms with E-state index in [9.17, 15) is 0 Å². The van der Waals surface area contributed by atoms with Crippen molar-refractivity contribution in [1.82, 2.24) is 4.98 Å². The summed E-state index contributed by atoms with van der Waals surface area (Å²) in [7, 11) is 0. The first kappa shape index (κ1) is 11.2. The molecule has 0 saturated heterocycles. The van der Waals surface area contributed by atoms with E-state index in [0.717, 1.165) is 16.8 Å². The highest BCUT2D eigenvalue weighted by Crippen LogP contribution is 2.23. The zero-order valence-corrected chi connectivity index (χ0v) is 9.14. The summed E-state index contributed by atoms with van der Waals surface area (Å²) in [4.78, 5) is 4.05. The van der Waals surface area contributed by atoms with E-state index in [0.29, 0.717) is 0 Å². The van der Waals surface area contributed by atoms with Gasteiger partial charge in [-0.05, 0) is 12.1 Å². The van der Waals surface area contributed by atoms with Crippen molar-refractivity contribution in [3.8, 4) is 11.1 Å². The summed E-state index contributed by atoms with van der Waals surface area (Å²) in [6, 6.07) is 11.7. The van der Waals surface area contributed by atoms with Crippen molar-refractivity contribution in [3.05, 3.63) is 48.8 Å². The van der Waals surface area contributed by atoms with E-state index in [1.165, 1.54) is 0 Å². The predicted molar refractivity (Wildman–Crippen MR) is 65.4 cm³/mol. The molecule has 1 heterocycles. The molecule has 2 rings (SSSR count). The third-order valence-electron chi connectivity index (χ3n) is 1.93. The number of para-hydroxylation sites is 1. The molecular formula is C13H16N2. The molecule has 0 saturated carbocycles. The number of pyridine rings is 1. The lowest BCUT2D eigenvalue weighted by molar-refractivity contribution is 1.33. The van der Waals surface area contributed by atoms with Crippen LogP contribution in [0.25, 0.3) is 11.1 Å². The maximum Gasteiger partial charge on any atom is 0.0394 e. The molecule has 0 aliphatic heterocycles. The number of nitrogen functional groups attached to an aromatic ring is 1. The van der Waals surface area contributed by atoms with Crippen molar-refractivity contribution in [2.45, 2.75) is 13.8 Å². The van der Waals surface area contributed by atoms with Gasteiger partial charge in [-0.15, -0.1) is 0 Å². The fourth-order valence-electron chi connectivity index (χ4n) is 1.28. The Kier molecular flexibility index (Phi) is 4.35. The highest BCUT2D eigenvalue weighted by Gasteiger charge is 1.99. The highest BCUT2D eigenvalue weighted by molar-refractivity contribution is 5.75. The Morgan fingerprint density at radius 3 is 2.33 bits per heavy atom. The van der Waals surface area contributed by atoms with E-state index in [1.54, 1.807) is 6.20 Å². The molecule has 0 aliphatic carbocycles. The van der Waals surface area contributed by atoms with E-state index < -0.39 is 0 Å². The number of hydrogen-bond donors (Lipinski definition) is 1. The Labute approximate surface area is 90.8 Å². The average molecular weight is 200 g/mol. The zero-order valence-electron chi connectivity index (χ0n) is 9.14. The van der Waals surface area contributed by atoms with Crippen molar-refractivity contribution in [3.63, 3.8) is 0 Å². The molecule has 2 N–H and O–H groups in total. The summed E-state index contributed by atoms with van der Waals surface area (Å²) in [6.07, 6.45) is 3.56. The third-order valence-corrected chi connectivity index (χ3v) is 1.93. The minimum atomic E-state index is 0.788. The van der Waals surface area contributed by atoms with Crippen LogP contribution in [-0.2, 0) is 0 Å². The van der Waals surface area contributed by atoms with Crippen molar-refractivity contribution >= 4 is 5.69 Å². The molecule has 0 atom stereocenters. The van der Waals surface area contributed by atoms with Gasteiger partial charge >= 0.3 is 0 Å². The van der Waals surface area contributed by atoms with Crippen LogP contribution in [0, 0.1) is 0 Å². The zero-order chi connectivity index (χ0) is 11.1. The molecule has 15 heavy (non-hydrogen) atoms. The normalized spacial score (nSPS) is 8.93. The molecule has 0 unspecified atom stereocenters. The van der Waals surface area contributed by atoms with Crippen LogP contribution >= 0.6 is 0 Å². The average Bonchev–Trinajstić information content (AvgIpc) is 2.33. The molecule has 0 fully saturated rings. The van der Waals surface area contributed by atoms with Crippen LogP contribution in [0.5, 0.6) is 0 Å². The van der Waals surface area contributed by atoms with Crippen LogP contribution in [0.2, 0.25) is 0 Å². The summed E-state index contributed by atoms with van der Waals surface area (Å²) < 4.78 is 0. The van der Waals surface area contributed by atoms with Gasteiger partial charge in [0.1, 0.15) is 0 Å². The summed E-state index contributed by atoms with van der Waals surface area (Å²) in [5.41, 5.74) is 8.71. The maximum absolute atomic E-state index is 5.82. The van der Waals surface area contributed by atoms with Gasteiger partial charge in [0.25, 0.3) is 0 Å². The van der Waals surface area contributed by atoms with Crippen molar-refractivity contribution in [2.75, 3.05) is 5.73 Å². The van der Waals surface area contributed by atoms with Crippen LogP contribution in [0.3, 0.4) is 0 Å². The number of anilines is 1. The lowest BCUT2D eigenvalue weighted by Gasteiger charge is -2.03. The minimum absolute atomic E-state index is 0.788. The molecule has 0 amide bonds. The molecular weight excluding hydrogens is 184 g/mol. The van der Waals surface area contributed by atoms with E-state index in [4.69, 9.17) is 5.73 Å². The van der Waals surface area contributed by atoms with Crippen molar-refractivity contribution in [2.24, 2.45) is 0 Å². The number of nitrogens with two attached hydrogens (primary N) is 1. The van der Waals surface area contributed by atoms with Crippen molar-refractivity contribution in [1.29, 1.82) is 0 Å². The first-order valence-corrected chi connectivity index (χ1v) is 5.13. The lowest BCUT2D eigenvalue weighted by Crippen LogP contribution is -1.88. The van der Waals surface area contributed by atoms with Gasteiger partial charge in [-0.25, -0.2) is 0 Å². The SMILES string of the molecule is CC.Nc1ccccc1-c1cccnc1. The number of aromatic nitrogens is 1. The number of rotatable bonds is 1. The standard InChI is InChI=1S/C11H10N2.C2H6/c12-11-6-2-1-5-10(11)9-4-3-7-13-8-9;1-2/h1-8H,12H2;1-2H3. The molecule has 2 aromatic rings. The van der Waals surface area contributed by atoms with Gasteiger partial charge in [0, 0.05) is 29.2 Å². The largest absolute Gasteiger partial charge is 0.398 e. The Bertz CT molecular complexity index is 396. The Morgan fingerprint density at radius 2 is 1.73 bits per heavy atom. The van der Waals surface area contributed by atoms with Gasteiger partial charge in [0.2, 0.25) is 0 Å². The molecule has 0 aliphatic rings. The van der Waals surface area contributed by atoms with Gasteiger partial charge in [-0.3, -0.25) is 4.98 Å². The van der Waals surface area contributed by atoms with Gasteiger partial charge in [0.15, 0.2) is 0 Å². The van der Waals surface area contributed by atoms with E-state index in [1.807, 2.05) is 56.4 Å². The molecule has 0 bridgehead atoms. The van der Waals surface area contributed by atoms with Gasteiger partial charge < -0.3 is 5.73 Å². The van der Waals surface area contributed by atoms with Crippen LogP contribution in [-0.4, -0.2) is 4.98 Å². The highest BCUT2D eigenvalue weighted by atomic mass is 14.6. The molecule has 0 spiro atoms. The molecule has 1 aromatic heterocycles. The second-order valence-corrected chi connectivity index (χ2v) is 2.83. The Hall–Kier alpha value is -1.83. The minimum Gasteiger partial charge on any atom is -0.398 e. The Morgan fingerprint density at radius 1 is 1.00 bits per heavy atom. The first-order chi connectivity index (χ1) is 7.38. The third kappa shape index (κ3) is 2.81. The van der Waals surface area contributed by atoms with Crippen LogP contribution in [0.15, 0.2) is 48.8 Å². The van der Waals surface area contributed by atoms with E-state index in [-0.39, 0.29) is 0 Å².